The van der Waals surface area contributed by atoms with Crippen molar-refractivity contribution < 1.29 is 23.5 Å². The van der Waals surface area contributed by atoms with Gasteiger partial charge in [0.15, 0.2) is 11.5 Å². The number of rotatable bonds is 6. The molecule has 0 radical (unpaired) electrons. The molecule has 140 valence electrons. The molecule has 7 heteroatoms. The van der Waals surface area contributed by atoms with Crippen LogP contribution in [-0.4, -0.2) is 25.2 Å². The summed E-state index contributed by atoms with van der Waals surface area (Å²) in [6.07, 6.45) is 1.36. The number of hydrogen-bond acceptors (Lipinski definition) is 4. The largest absolute Gasteiger partial charge is 0.454 e. The summed E-state index contributed by atoms with van der Waals surface area (Å²) in [5.74, 6) is 0.224. The summed E-state index contributed by atoms with van der Waals surface area (Å²) in [5, 5.41) is 5.54. The average Bonchev–Trinajstić information content (AvgIpc) is 3.35. The van der Waals surface area contributed by atoms with Gasteiger partial charge >= 0.3 is 0 Å². The Kier molecular flexibility index (Phi) is 4.43. The zero-order chi connectivity index (χ0) is 18.9. The molecule has 0 saturated heterocycles. The van der Waals surface area contributed by atoms with Crippen molar-refractivity contribution >= 4 is 17.5 Å². The zero-order valence-corrected chi connectivity index (χ0v) is 14.6. The molecular formula is C20H19FN2O4. The van der Waals surface area contributed by atoms with Crippen LogP contribution in [0.2, 0.25) is 0 Å². The summed E-state index contributed by atoms with van der Waals surface area (Å²) in [4.78, 5) is 25.1. The molecule has 1 saturated carbocycles. The van der Waals surface area contributed by atoms with E-state index in [0.717, 1.165) is 0 Å². The van der Waals surface area contributed by atoms with Crippen molar-refractivity contribution in [1.29, 1.82) is 0 Å². The lowest BCUT2D eigenvalue weighted by Crippen LogP contribution is -2.40. The average molecular weight is 370 g/mol. The smallest absolute Gasteiger partial charge is 0.240 e. The van der Waals surface area contributed by atoms with E-state index in [9.17, 15) is 14.0 Å². The first-order valence-electron chi connectivity index (χ1n) is 8.81. The lowest BCUT2D eigenvalue weighted by Gasteiger charge is -2.16. The van der Waals surface area contributed by atoms with Crippen LogP contribution >= 0.6 is 0 Å². The van der Waals surface area contributed by atoms with Crippen LogP contribution in [0.3, 0.4) is 0 Å². The van der Waals surface area contributed by atoms with Gasteiger partial charge < -0.3 is 20.1 Å². The van der Waals surface area contributed by atoms with Crippen LogP contribution in [-0.2, 0) is 16.0 Å². The van der Waals surface area contributed by atoms with Crippen LogP contribution in [0.1, 0.15) is 18.4 Å². The fraction of sp³-hybridized carbons (Fsp3) is 0.300. The third kappa shape index (κ3) is 3.45. The molecule has 2 aromatic carbocycles. The quantitative estimate of drug-likeness (QED) is 0.767. The summed E-state index contributed by atoms with van der Waals surface area (Å²) in [5.41, 5.74) is 0.0353. The number of halogens is 1. The number of fused-ring (bicyclic) bond motifs is 1. The molecular weight excluding hydrogens is 351 g/mol. The number of hydrogen-bond donors (Lipinski definition) is 2. The van der Waals surface area contributed by atoms with Crippen molar-refractivity contribution in [3.8, 4) is 11.5 Å². The van der Waals surface area contributed by atoms with Crippen LogP contribution in [0.5, 0.6) is 11.5 Å². The van der Waals surface area contributed by atoms with Gasteiger partial charge in [0.2, 0.25) is 18.6 Å². The minimum atomic E-state index is -1.05. The molecule has 1 heterocycles. The molecule has 6 nitrogen and oxygen atoms in total. The van der Waals surface area contributed by atoms with Gasteiger partial charge in [0.1, 0.15) is 11.2 Å². The highest BCUT2D eigenvalue weighted by atomic mass is 19.1. The summed E-state index contributed by atoms with van der Waals surface area (Å²) in [6, 6.07) is 11.5. The maximum atomic E-state index is 13.6. The van der Waals surface area contributed by atoms with Gasteiger partial charge in [-0.05, 0) is 43.0 Å². The summed E-state index contributed by atoms with van der Waals surface area (Å²) < 4.78 is 24.2. The zero-order valence-electron chi connectivity index (χ0n) is 14.6. The number of anilines is 1. The lowest BCUT2D eigenvalue weighted by molar-refractivity contribution is -0.134. The van der Waals surface area contributed by atoms with Gasteiger partial charge in [0, 0.05) is 18.3 Å². The van der Waals surface area contributed by atoms with E-state index in [1.165, 1.54) is 6.07 Å². The fourth-order valence-electron chi connectivity index (χ4n) is 3.09. The molecule has 2 amide bonds. The van der Waals surface area contributed by atoms with Crippen molar-refractivity contribution in [1.82, 2.24) is 5.32 Å². The first kappa shape index (κ1) is 17.3. The van der Waals surface area contributed by atoms with Gasteiger partial charge in [-0.15, -0.1) is 0 Å². The molecule has 0 unspecified atom stereocenters. The minimum Gasteiger partial charge on any atom is -0.454 e. The molecule has 1 aliphatic carbocycles. The normalized spacial score (nSPS) is 15.9. The Labute approximate surface area is 155 Å². The van der Waals surface area contributed by atoms with Crippen LogP contribution < -0.4 is 20.1 Å². The highest BCUT2D eigenvalue weighted by molar-refractivity contribution is 6.13. The number of carbonyl (C=O) groups is 2. The van der Waals surface area contributed by atoms with Gasteiger partial charge in [0.05, 0.1) is 0 Å². The van der Waals surface area contributed by atoms with E-state index in [-0.39, 0.29) is 31.0 Å². The minimum absolute atomic E-state index is 0.154. The van der Waals surface area contributed by atoms with Crippen LogP contribution in [0, 0.1) is 11.2 Å². The van der Waals surface area contributed by atoms with Gasteiger partial charge in [-0.2, -0.15) is 0 Å². The molecule has 0 bridgehead atoms. The second-order valence-electron chi connectivity index (χ2n) is 6.70. The van der Waals surface area contributed by atoms with E-state index in [2.05, 4.69) is 10.6 Å². The van der Waals surface area contributed by atoms with Crippen LogP contribution in [0.25, 0.3) is 0 Å². The predicted octanol–water partition coefficient (Wildman–Crippen LogP) is 2.63. The van der Waals surface area contributed by atoms with Crippen molar-refractivity contribution in [2.24, 2.45) is 5.41 Å². The van der Waals surface area contributed by atoms with E-state index in [0.29, 0.717) is 42.0 Å². The van der Waals surface area contributed by atoms with Gasteiger partial charge in [-0.3, -0.25) is 9.59 Å². The molecule has 27 heavy (non-hydrogen) atoms. The molecule has 0 aromatic heterocycles. The Morgan fingerprint density at radius 3 is 2.59 bits per heavy atom. The Balaban J connectivity index is 1.34. The Bertz CT molecular complexity index is 895. The molecule has 2 N–H and O–H groups in total. The predicted molar refractivity (Wildman–Crippen MR) is 96.0 cm³/mol. The highest BCUT2D eigenvalue weighted by Gasteiger charge is 2.56. The Hall–Kier alpha value is -3.09. The van der Waals surface area contributed by atoms with Gasteiger partial charge in [-0.25, -0.2) is 4.39 Å². The molecule has 0 atom stereocenters. The Morgan fingerprint density at radius 2 is 1.81 bits per heavy atom. The third-order valence-corrected chi connectivity index (χ3v) is 4.89. The molecule has 1 fully saturated rings. The second kappa shape index (κ2) is 6.90. The van der Waals surface area contributed by atoms with Gasteiger partial charge in [0.25, 0.3) is 0 Å². The third-order valence-electron chi connectivity index (χ3n) is 4.89. The number of amides is 2. The van der Waals surface area contributed by atoms with E-state index in [1.807, 2.05) is 0 Å². The van der Waals surface area contributed by atoms with Crippen molar-refractivity contribution in [3.63, 3.8) is 0 Å². The van der Waals surface area contributed by atoms with Crippen LogP contribution in [0.15, 0.2) is 42.5 Å². The highest BCUT2D eigenvalue weighted by Crippen LogP contribution is 2.47. The number of nitrogens with one attached hydrogen (secondary N) is 2. The van der Waals surface area contributed by atoms with Crippen molar-refractivity contribution in [2.45, 2.75) is 19.3 Å². The van der Waals surface area contributed by atoms with Crippen molar-refractivity contribution in [2.75, 3.05) is 18.7 Å². The maximum absolute atomic E-state index is 13.6. The maximum Gasteiger partial charge on any atom is 0.240 e. The number of ether oxygens (including phenoxy) is 2. The first-order chi connectivity index (χ1) is 13.1. The van der Waals surface area contributed by atoms with E-state index >= 15 is 0 Å². The number of benzene rings is 2. The van der Waals surface area contributed by atoms with E-state index in [4.69, 9.17) is 9.47 Å². The summed E-state index contributed by atoms with van der Waals surface area (Å²) >= 11 is 0. The molecule has 2 aliphatic rings. The SMILES string of the molecule is O=C(NCCc1ccccc1F)C1(C(=O)Nc2ccc3c(c2)OCO3)CC1. The lowest BCUT2D eigenvalue weighted by atomic mass is 10.0. The first-order valence-corrected chi connectivity index (χ1v) is 8.81. The molecule has 2 aromatic rings. The van der Waals surface area contributed by atoms with Crippen LogP contribution in [0.4, 0.5) is 10.1 Å². The number of carbonyl (C=O) groups excluding carboxylic acids is 2. The summed E-state index contributed by atoms with van der Waals surface area (Å²) in [6.45, 7) is 0.430. The van der Waals surface area contributed by atoms with Crippen molar-refractivity contribution in [3.05, 3.63) is 53.8 Å². The van der Waals surface area contributed by atoms with E-state index < -0.39 is 5.41 Å². The fourth-order valence-corrected chi connectivity index (χ4v) is 3.09. The topological polar surface area (TPSA) is 76.7 Å². The monoisotopic (exact) mass is 370 g/mol. The standard InChI is InChI=1S/C20H19FN2O4/c21-15-4-2-1-3-13(15)7-10-22-18(24)20(8-9-20)19(25)23-14-5-6-16-17(11-14)27-12-26-16/h1-6,11H,7-10,12H2,(H,22,24)(H,23,25). The van der Waals surface area contributed by atoms with Gasteiger partial charge in [-0.1, -0.05) is 18.2 Å². The van der Waals surface area contributed by atoms with E-state index in [1.54, 1.807) is 36.4 Å². The molecule has 1 aliphatic heterocycles. The molecule has 4 rings (SSSR count). The second-order valence-corrected chi connectivity index (χ2v) is 6.70. The Morgan fingerprint density at radius 1 is 1.04 bits per heavy atom. The summed E-state index contributed by atoms with van der Waals surface area (Å²) in [7, 11) is 0. The molecule has 0 spiro atoms.